The molecule has 1 saturated heterocycles. The van der Waals surface area contributed by atoms with Gasteiger partial charge in [0.15, 0.2) is 17.3 Å². The average molecular weight is 471 g/mol. The topological polar surface area (TPSA) is 67.5 Å². The third-order valence-electron chi connectivity index (χ3n) is 6.06. The molecular formula is C25H24F3N3O3. The number of aromatic nitrogens is 1. The molecule has 0 atom stereocenters. The quantitative estimate of drug-likeness (QED) is 0.451. The van der Waals surface area contributed by atoms with Gasteiger partial charge in [0, 0.05) is 28.4 Å². The number of hydrogen-bond acceptors (Lipinski definition) is 5. The number of nitrogens with zero attached hydrogens (tertiary/aromatic N) is 3. The zero-order valence-corrected chi connectivity index (χ0v) is 18.9. The maximum absolute atomic E-state index is 13.5. The highest BCUT2D eigenvalue weighted by molar-refractivity contribution is 6.11. The fraction of sp³-hybridized carbons (Fsp3) is 0.360. The van der Waals surface area contributed by atoms with E-state index in [1.165, 1.54) is 19.2 Å². The highest BCUT2D eigenvalue weighted by atomic mass is 19.4. The molecule has 0 amide bonds. The van der Waals surface area contributed by atoms with Crippen LogP contribution in [0.3, 0.4) is 0 Å². The van der Waals surface area contributed by atoms with Crippen molar-refractivity contribution in [3.63, 3.8) is 0 Å². The van der Waals surface area contributed by atoms with Crippen molar-refractivity contribution in [2.45, 2.75) is 32.5 Å². The van der Waals surface area contributed by atoms with Crippen LogP contribution in [-0.4, -0.2) is 48.4 Å². The minimum absolute atomic E-state index is 0.108. The van der Waals surface area contributed by atoms with Gasteiger partial charge < -0.3 is 14.0 Å². The molecule has 0 aliphatic carbocycles. The number of nitriles is 1. The van der Waals surface area contributed by atoms with Gasteiger partial charge in [-0.3, -0.25) is 9.69 Å². The second kappa shape index (κ2) is 9.39. The van der Waals surface area contributed by atoms with E-state index in [4.69, 9.17) is 10.00 Å². The van der Waals surface area contributed by atoms with E-state index in [1.54, 1.807) is 35.8 Å². The highest BCUT2D eigenvalue weighted by Gasteiger charge is 2.34. The summed E-state index contributed by atoms with van der Waals surface area (Å²) < 4.78 is 50.3. The Labute approximate surface area is 195 Å². The summed E-state index contributed by atoms with van der Waals surface area (Å²) in [5, 5.41) is 9.60. The molecule has 1 fully saturated rings. The first-order chi connectivity index (χ1) is 16.2. The van der Waals surface area contributed by atoms with Crippen molar-refractivity contribution in [1.29, 1.82) is 5.26 Å². The first-order valence-electron chi connectivity index (χ1n) is 11.0. The largest absolute Gasteiger partial charge is 0.573 e. The molecule has 4 rings (SSSR count). The molecule has 1 aromatic heterocycles. The van der Waals surface area contributed by atoms with Crippen LogP contribution >= 0.6 is 0 Å². The number of alkyl halides is 3. The Hall–Kier alpha value is -3.51. The molecule has 0 spiro atoms. The van der Waals surface area contributed by atoms with Gasteiger partial charge in [0.25, 0.3) is 0 Å². The van der Waals surface area contributed by atoms with E-state index in [1.807, 2.05) is 6.07 Å². The van der Waals surface area contributed by atoms with Crippen LogP contribution < -0.4 is 9.47 Å². The fourth-order valence-electron chi connectivity index (χ4n) is 4.56. The van der Waals surface area contributed by atoms with E-state index in [9.17, 15) is 18.0 Å². The fourth-order valence-corrected chi connectivity index (χ4v) is 4.56. The Bertz CT molecular complexity index is 1250. The third-order valence-corrected chi connectivity index (χ3v) is 6.06. The zero-order chi connectivity index (χ0) is 24.5. The molecule has 1 aliphatic heterocycles. The van der Waals surface area contributed by atoms with Crippen molar-refractivity contribution >= 4 is 16.7 Å². The predicted octanol–water partition coefficient (Wildman–Crippen LogP) is 5.39. The summed E-state index contributed by atoms with van der Waals surface area (Å²) in [4.78, 5) is 15.6. The number of benzene rings is 2. The van der Waals surface area contributed by atoms with Crippen LogP contribution in [0.5, 0.6) is 11.5 Å². The first kappa shape index (κ1) is 23.6. The van der Waals surface area contributed by atoms with E-state index in [0.717, 1.165) is 32.4 Å². The zero-order valence-electron chi connectivity index (χ0n) is 18.9. The number of fused-ring (bicyclic) bond motifs is 1. The normalized spacial score (nSPS) is 14.7. The van der Waals surface area contributed by atoms with Gasteiger partial charge in [-0.2, -0.15) is 5.26 Å². The van der Waals surface area contributed by atoms with Gasteiger partial charge in [-0.15, -0.1) is 13.2 Å². The predicted molar refractivity (Wildman–Crippen MR) is 121 cm³/mol. The Morgan fingerprint density at radius 2 is 1.76 bits per heavy atom. The summed E-state index contributed by atoms with van der Waals surface area (Å²) in [6.45, 7) is 3.67. The summed E-state index contributed by atoms with van der Waals surface area (Å²) in [7, 11) is 1.25. The summed E-state index contributed by atoms with van der Waals surface area (Å²) in [6, 6.07) is 11.3. The van der Waals surface area contributed by atoms with Crippen molar-refractivity contribution in [3.05, 3.63) is 53.2 Å². The Kier molecular flexibility index (Phi) is 6.53. The Morgan fingerprint density at radius 3 is 2.35 bits per heavy atom. The van der Waals surface area contributed by atoms with Crippen LogP contribution in [0.1, 0.15) is 40.9 Å². The number of carbonyl (C=O) groups is 1. The number of hydrogen-bond donors (Lipinski definition) is 0. The molecule has 0 unspecified atom stereocenters. The van der Waals surface area contributed by atoms with Gasteiger partial charge in [0.1, 0.15) is 0 Å². The number of halogens is 3. The lowest BCUT2D eigenvalue weighted by molar-refractivity contribution is -0.275. The summed E-state index contributed by atoms with van der Waals surface area (Å²) in [5.41, 5.74) is 2.46. The van der Waals surface area contributed by atoms with Crippen LogP contribution in [0.2, 0.25) is 0 Å². The lowest BCUT2D eigenvalue weighted by atomic mass is 10.0. The molecule has 0 saturated carbocycles. The van der Waals surface area contributed by atoms with Crippen LogP contribution in [0.4, 0.5) is 13.2 Å². The minimum Gasteiger partial charge on any atom is -0.493 e. The van der Waals surface area contributed by atoms with Gasteiger partial charge in [-0.05, 0) is 63.2 Å². The van der Waals surface area contributed by atoms with Crippen molar-refractivity contribution in [1.82, 2.24) is 9.47 Å². The second-order valence-corrected chi connectivity index (χ2v) is 8.28. The molecule has 2 heterocycles. The molecule has 2 aromatic carbocycles. The summed E-state index contributed by atoms with van der Waals surface area (Å²) in [6.07, 6.45) is -1.70. The second-order valence-electron chi connectivity index (χ2n) is 8.28. The third kappa shape index (κ3) is 4.73. The van der Waals surface area contributed by atoms with Gasteiger partial charge in [-0.25, -0.2) is 0 Å². The van der Waals surface area contributed by atoms with Crippen molar-refractivity contribution in [2.75, 3.05) is 26.7 Å². The lowest BCUT2D eigenvalue weighted by Crippen LogP contribution is -2.34. The van der Waals surface area contributed by atoms with Gasteiger partial charge in [-0.1, -0.05) is 6.42 Å². The highest BCUT2D eigenvalue weighted by Crippen LogP contribution is 2.40. The molecule has 6 nitrogen and oxygen atoms in total. The molecule has 9 heteroatoms. The van der Waals surface area contributed by atoms with E-state index in [2.05, 4.69) is 9.64 Å². The molecular weight excluding hydrogens is 447 g/mol. The number of Topliss-reactive ketones (excluding diaryl/α,β-unsaturated/α-hetero) is 1. The number of rotatable bonds is 6. The molecule has 3 aromatic rings. The number of ether oxygens (including phenoxy) is 2. The van der Waals surface area contributed by atoms with Crippen molar-refractivity contribution in [2.24, 2.45) is 0 Å². The van der Waals surface area contributed by atoms with Crippen molar-refractivity contribution < 1.29 is 27.4 Å². The monoisotopic (exact) mass is 471 g/mol. The minimum atomic E-state index is -4.91. The standard InChI is InChI=1S/C25H24F3N3O3/c1-16-24(21(32)15-30-10-4-3-5-11-30)19-12-22(33-2)23(34-25(26,27)28)13-20(19)31(16)18-8-6-17(14-29)7-9-18/h6-9,12-13H,3-5,10-11,15H2,1-2H3. The SMILES string of the molecule is COc1cc2c(C(=O)CN3CCCCC3)c(C)n(-c3ccc(C#N)cc3)c2cc1OC(F)(F)F. The summed E-state index contributed by atoms with van der Waals surface area (Å²) in [5.74, 6) is -0.720. The van der Waals surface area contributed by atoms with Gasteiger partial charge in [0.2, 0.25) is 0 Å². The van der Waals surface area contributed by atoms with Crippen LogP contribution in [0.25, 0.3) is 16.6 Å². The van der Waals surface area contributed by atoms with E-state index >= 15 is 0 Å². The number of likely N-dealkylation sites (tertiary alicyclic amines) is 1. The Balaban J connectivity index is 1.90. The van der Waals surface area contributed by atoms with Crippen molar-refractivity contribution in [3.8, 4) is 23.3 Å². The number of carbonyl (C=O) groups excluding carboxylic acids is 1. The number of piperidine rings is 1. The number of methoxy groups -OCH3 is 1. The Morgan fingerprint density at radius 1 is 1.09 bits per heavy atom. The molecule has 0 N–H and O–H groups in total. The molecule has 0 radical (unpaired) electrons. The van der Waals surface area contributed by atoms with E-state index in [0.29, 0.717) is 33.4 Å². The van der Waals surface area contributed by atoms with Crippen LogP contribution in [0, 0.1) is 18.3 Å². The molecule has 178 valence electrons. The van der Waals surface area contributed by atoms with Gasteiger partial charge >= 0.3 is 6.36 Å². The molecule has 34 heavy (non-hydrogen) atoms. The van der Waals surface area contributed by atoms with Gasteiger partial charge in [0.05, 0.1) is 30.8 Å². The smallest absolute Gasteiger partial charge is 0.493 e. The first-order valence-corrected chi connectivity index (χ1v) is 11.0. The van der Waals surface area contributed by atoms with E-state index < -0.39 is 12.1 Å². The molecule has 1 aliphatic rings. The maximum Gasteiger partial charge on any atom is 0.573 e. The van der Waals surface area contributed by atoms with E-state index in [-0.39, 0.29) is 18.1 Å². The lowest BCUT2D eigenvalue weighted by Gasteiger charge is -2.25. The number of ketones is 1. The van der Waals surface area contributed by atoms with Crippen LogP contribution in [-0.2, 0) is 0 Å². The average Bonchev–Trinajstić information content (AvgIpc) is 3.08. The van der Waals surface area contributed by atoms with Crippen LogP contribution in [0.15, 0.2) is 36.4 Å². The maximum atomic E-state index is 13.5. The summed E-state index contributed by atoms with van der Waals surface area (Å²) >= 11 is 0. The molecule has 0 bridgehead atoms.